The second-order valence-corrected chi connectivity index (χ2v) is 5.34. The molecule has 21 heavy (non-hydrogen) atoms. The number of halogens is 3. The third kappa shape index (κ3) is 6.22. The van der Waals surface area contributed by atoms with Crippen molar-refractivity contribution in [1.29, 1.82) is 0 Å². The molecule has 122 valence electrons. The maximum absolute atomic E-state index is 12.5. The first-order valence-corrected chi connectivity index (χ1v) is 7.05. The fourth-order valence-electron chi connectivity index (χ4n) is 2.54. The van der Waals surface area contributed by atoms with Crippen LogP contribution in [0.25, 0.3) is 0 Å². The average Bonchev–Trinajstić information content (AvgIpc) is 2.60. The number of urea groups is 1. The van der Waals surface area contributed by atoms with Gasteiger partial charge in [-0.15, -0.1) is 0 Å². The van der Waals surface area contributed by atoms with E-state index in [0.717, 1.165) is 25.7 Å². The first-order chi connectivity index (χ1) is 9.73. The van der Waals surface area contributed by atoms with Crippen LogP contribution in [-0.2, 0) is 4.79 Å². The molecule has 0 spiro atoms. The fourth-order valence-corrected chi connectivity index (χ4v) is 2.54. The van der Waals surface area contributed by atoms with Crippen LogP contribution in [0.3, 0.4) is 0 Å². The molecule has 0 radical (unpaired) electrons. The third-order valence-electron chi connectivity index (χ3n) is 3.66. The molecule has 1 fully saturated rings. The van der Waals surface area contributed by atoms with Crippen LogP contribution in [0.15, 0.2) is 0 Å². The van der Waals surface area contributed by atoms with Crippen LogP contribution in [0.5, 0.6) is 0 Å². The van der Waals surface area contributed by atoms with Gasteiger partial charge in [-0.3, -0.25) is 4.79 Å². The zero-order valence-corrected chi connectivity index (χ0v) is 12.0. The van der Waals surface area contributed by atoms with Crippen LogP contribution < -0.4 is 0 Å². The Bertz CT molecular complexity index is 374. The van der Waals surface area contributed by atoms with Gasteiger partial charge in [-0.1, -0.05) is 13.3 Å². The number of carboxylic acids is 1. The highest BCUT2D eigenvalue weighted by Gasteiger charge is 2.36. The highest BCUT2D eigenvalue weighted by molar-refractivity contribution is 5.80. The van der Waals surface area contributed by atoms with Gasteiger partial charge in [-0.25, -0.2) is 4.79 Å². The van der Waals surface area contributed by atoms with Gasteiger partial charge in [0.1, 0.15) is 13.1 Å². The summed E-state index contributed by atoms with van der Waals surface area (Å²) in [6.45, 7) is 0.328. The molecular weight excluding hydrogens is 289 g/mol. The van der Waals surface area contributed by atoms with Crippen LogP contribution in [0.4, 0.5) is 18.0 Å². The number of likely N-dealkylation sites (tertiary alicyclic amines) is 1. The van der Waals surface area contributed by atoms with Gasteiger partial charge in [0.2, 0.25) is 0 Å². The summed E-state index contributed by atoms with van der Waals surface area (Å²) in [4.78, 5) is 24.5. The Balaban J connectivity index is 2.72. The highest BCUT2D eigenvalue weighted by Crippen LogP contribution is 2.22. The Morgan fingerprint density at radius 2 is 1.95 bits per heavy atom. The van der Waals surface area contributed by atoms with Gasteiger partial charge >= 0.3 is 18.2 Å². The van der Waals surface area contributed by atoms with Crippen LogP contribution >= 0.6 is 0 Å². The first-order valence-electron chi connectivity index (χ1n) is 7.05. The number of nitrogens with zero attached hydrogens (tertiary/aromatic N) is 2. The molecule has 8 heteroatoms. The number of amides is 2. The van der Waals surface area contributed by atoms with Gasteiger partial charge < -0.3 is 14.9 Å². The van der Waals surface area contributed by atoms with E-state index in [1.807, 2.05) is 6.92 Å². The number of hydrogen-bond acceptors (Lipinski definition) is 2. The lowest BCUT2D eigenvalue weighted by Gasteiger charge is -2.29. The number of carboxylic acid groups (broad SMARTS) is 1. The molecule has 1 saturated heterocycles. The Kier molecular flexibility index (Phi) is 6.29. The van der Waals surface area contributed by atoms with Gasteiger partial charge in [0.05, 0.1) is 0 Å². The molecule has 2 amide bonds. The lowest BCUT2D eigenvalue weighted by atomic mass is 9.98. The van der Waals surface area contributed by atoms with Crippen LogP contribution in [-0.4, -0.2) is 59.3 Å². The molecule has 1 N–H and O–H groups in total. The number of rotatable bonds is 4. The quantitative estimate of drug-likeness (QED) is 0.868. The molecule has 1 atom stereocenters. The SMILES string of the molecule is CCC1CCCN(C(=O)N(CC(=O)O)CC(F)(F)F)CC1. The zero-order valence-electron chi connectivity index (χ0n) is 12.0. The van der Waals surface area contributed by atoms with E-state index in [1.165, 1.54) is 4.90 Å². The molecule has 1 heterocycles. The average molecular weight is 310 g/mol. The fraction of sp³-hybridized carbons (Fsp3) is 0.846. The third-order valence-corrected chi connectivity index (χ3v) is 3.66. The van der Waals surface area contributed by atoms with Gasteiger partial charge in [-0.05, 0) is 25.2 Å². The highest BCUT2D eigenvalue weighted by atomic mass is 19.4. The van der Waals surface area contributed by atoms with Crippen molar-refractivity contribution >= 4 is 12.0 Å². The second-order valence-electron chi connectivity index (χ2n) is 5.34. The minimum absolute atomic E-state index is 0.356. The molecule has 0 aliphatic carbocycles. The standard InChI is InChI=1S/C13H21F3N2O3/c1-2-10-4-3-6-17(7-5-10)12(21)18(8-11(19)20)9-13(14,15)16/h10H,2-9H2,1H3,(H,19,20). The second kappa shape index (κ2) is 7.51. The monoisotopic (exact) mass is 310 g/mol. The van der Waals surface area contributed by atoms with E-state index < -0.39 is 31.3 Å². The maximum Gasteiger partial charge on any atom is 0.406 e. The normalized spacial score (nSPS) is 20.0. The molecule has 1 unspecified atom stereocenters. The van der Waals surface area contributed by atoms with Gasteiger partial charge in [-0.2, -0.15) is 13.2 Å². The lowest BCUT2D eigenvalue weighted by Crippen LogP contribution is -2.49. The number of carbonyl (C=O) groups excluding carboxylic acids is 1. The molecular formula is C13H21F3N2O3. The van der Waals surface area contributed by atoms with Crippen molar-refractivity contribution in [3.05, 3.63) is 0 Å². The van der Waals surface area contributed by atoms with Crippen LogP contribution in [0.2, 0.25) is 0 Å². The molecule has 1 rings (SSSR count). The summed E-state index contributed by atoms with van der Waals surface area (Å²) in [5, 5.41) is 8.68. The molecule has 0 aromatic heterocycles. The van der Waals surface area contributed by atoms with Gasteiger partial charge in [0, 0.05) is 13.1 Å². The van der Waals surface area contributed by atoms with E-state index in [0.29, 0.717) is 23.9 Å². The predicted molar refractivity (Wildman–Crippen MR) is 69.9 cm³/mol. The summed E-state index contributed by atoms with van der Waals surface area (Å²) >= 11 is 0. The summed E-state index contributed by atoms with van der Waals surface area (Å²) in [5.74, 6) is -0.979. The van der Waals surface area contributed by atoms with Gasteiger partial charge in [0.25, 0.3) is 0 Å². The Labute approximate surface area is 121 Å². The summed E-state index contributed by atoms with van der Waals surface area (Å²) in [6, 6.07) is -0.841. The number of alkyl halides is 3. The lowest BCUT2D eigenvalue weighted by molar-refractivity contribution is -0.149. The number of hydrogen-bond donors (Lipinski definition) is 1. The van der Waals surface area contributed by atoms with Crippen LogP contribution in [0, 0.1) is 5.92 Å². The number of carbonyl (C=O) groups is 2. The summed E-state index contributed by atoms with van der Waals surface area (Å²) < 4.78 is 37.4. The minimum Gasteiger partial charge on any atom is -0.480 e. The van der Waals surface area contributed by atoms with E-state index in [2.05, 4.69) is 0 Å². The van der Waals surface area contributed by atoms with Crippen molar-refractivity contribution in [3.8, 4) is 0 Å². The largest absolute Gasteiger partial charge is 0.480 e. The minimum atomic E-state index is -4.61. The van der Waals surface area contributed by atoms with Crippen LogP contribution in [0.1, 0.15) is 32.6 Å². The van der Waals surface area contributed by atoms with Crippen molar-refractivity contribution in [2.24, 2.45) is 5.92 Å². The topological polar surface area (TPSA) is 60.9 Å². The van der Waals surface area contributed by atoms with Crippen molar-refractivity contribution in [2.45, 2.75) is 38.8 Å². The number of aliphatic carboxylic acids is 1. The summed E-state index contributed by atoms with van der Waals surface area (Å²) in [6.07, 6.45) is -1.21. The van der Waals surface area contributed by atoms with Gasteiger partial charge in [0.15, 0.2) is 0 Å². The molecule has 1 aliphatic heterocycles. The van der Waals surface area contributed by atoms with E-state index in [9.17, 15) is 22.8 Å². The molecule has 0 bridgehead atoms. The predicted octanol–water partition coefficient (Wildman–Crippen LogP) is 2.57. The molecule has 1 aliphatic rings. The molecule has 5 nitrogen and oxygen atoms in total. The van der Waals surface area contributed by atoms with E-state index in [-0.39, 0.29) is 0 Å². The molecule has 0 aromatic rings. The first kappa shape index (κ1) is 17.6. The molecule has 0 saturated carbocycles. The van der Waals surface area contributed by atoms with Crippen molar-refractivity contribution < 1.29 is 27.9 Å². The zero-order chi connectivity index (χ0) is 16.0. The smallest absolute Gasteiger partial charge is 0.406 e. The summed E-state index contributed by atoms with van der Waals surface area (Å²) in [7, 11) is 0. The Hall–Kier alpha value is -1.47. The van der Waals surface area contributed by atoms with E-state index in [4.69, 9.17) is 5.11 Å². The maximum atomic E-state index is 12.5. The van der Waals surface area contributed by atoms with Crippen molar-refractivity contribution in [1.82, 2.24) is 9.80 Å². The summed E-state index contributed by atoms with van der Waals surface area (Å²) in [5.41, 5.74) is 0. The Morgan fingerprint density at radius 1 is 1.29 bits per heavy atom. The molecule has 0 aromatic carbocycles. The van der Waals surface area contributed by atoms with E-state index >= 15 is 0 Å². The van der Waals surface area contributed by atoms with Crippen molar-refractivity contribution in [2.75, 3.05) is 26.2 Å². The van der Waals surface area contributed by atoms with E-state index in [1.54, 1.807) is 0 Å². The Morgan fingerprint density at radius 3 is 2.48 bits per heavy atom. The van der Waals surface area contributed by atoms with Crippen molar-refractivity contribution in [3.63, 3.8) is 0 Å².